The van der Waals surface area contributed by atoms with Crippen molar-refractivity contribution in [2.75, 3.05) is 7.05 Å². The number of benzene rings is 1. The normalized spacial score (nSPS) is 14.6. The molecule has 1 aromatic carbocycles. The van der Waals surface area contributed by atoms with E-state index in [4.69, 9.17) is 11.6 Å². The molecule has 0 aromatic heterocycles. The summed E-state index contributed by atoms with van der Waals surface area (Å²) in [6, 6.07) is 6.85. The maximum absolute atomic E-state index is 6.27. The van der Waals surface area contributed by atoms with Crippen molar-refractivity contribution >= 4 is 11.6 Å². The Kier molecular flexibility index (Phi) is 6.01. The number of likely N-dealkylation sites (N-methyl/N-ethyl adjacent to an activating group) is 1. The third-order valence-corrected chi connectivity index (χ3v) is 3.82. The molecule has 1 N–H and O–H groups in total. The van der Waals surface area contributed by atoms with Gasteiger partial charge in [-0.15, -0.1) is 0 Å². The van der Waals surface area contributed by atoms with E-state index >= 15 is 0 Å². The van der Waals surface area contributed by atoms with Gasteiger partial charge in [0.25, 0.3) is 0 Å². The fourth-order valence-electron chi connectivity index (χ4n) is 2.04. The van der Waals surface area contributed by atoms with Crippen molar-refractivity contribution in [1.82, 2.24) is 5.32 Å². The van der Waals surface area contributed by atoms with E-state index in [-0.39, 0.29) is 0 Å². The molecule has 0 fully saturated rings. The zero-order valence-corrected chi connectivity index (χ0v) is 12.1. The van der Waals surface area contributed by atoms with Gasteiger partial charge in [0.1, 0.15) is 0 Å². The SMILES string of the molecule is CCC(C)CC(Cc1ccc(C)cc1Cl)NC. The Bertz CT molecular complexity index is 349. The first-order chi connectivity index (χ1) is 8.06. The minimum absolute atomic E-state index is 0.519. The van der Waals surface area contributed by atoms with Crippen LogP contribution in [0.2, 0.25) is 5.02 Å². The monoisotopic (exact) mass is 253 g/mol. The first kappa shape index (κ1) is 14.5. The zero-order chi connectivity index (χ0) is 12.8. The van der Waals surface area contributed by atoms with Crippen molar-refractivity contribution in [1.29, 1.82) is 0 Å². The van der Waals surface area contributed by atoms with Crippen LogP contribution in [0.5, 0.6) is 0 Å². The van der Waals surface area contributed by atoms with E-state index in [0.29, 0.717) is 6.04 Å². The molecule has 96 valence electrons. The molecule has 0 aliphatic carbocycles. The van der Waals surface area contributed by atoms with Crippen molar-refractivity contribution in [3.05, 3.63) is 34.3 Å². The third kappa shape index (κ3) is 4.69. The summed E-state index contributed by atoms with van der Waals surface area (Å²) in [5.74, 6) is 0.761. The average Bonchev–Trinajstić information content (AvgIpc) is 2.31. The van der Waals surface area contributed by atoms with Crippen LogP contribution in [-0.4, -0.2) is 13.1 Å². The molecule has 1 aromatic rings. The van der Waals surface area contributed by atoms with Crippen molar-refractivity contribution in [2.24, 2.45) is 5.92 Å². The van der Waals surface area contributed by atoms with Gasteiger partial charge in [0.2, 0.25) is 0 Å². The van der Waals surface area contributed by atoms with Gasteiger partial charge in [0.05, 0.1) is 0 Å². The van der Waals surface area contributed by atoms with Crippen molar-refractivity contribution in [3.8, 4) is 0 Å². The Balaban J connectivity index is 2.67. The van der Waals surface area contributed by atoms with Gasteiger partial charge >= 0.3 is 0 Å². The van der Waals surface area contributed by atoms with Crippen LogP contribution in [-0.2, 0) is 6.42 Å². The Hall–Kier alpha value is -0.530. The maximum atomic E-state index is 6.27. The predicted molar refractivity (Wildman–Crippen MR) is 76.8 cm³/mol. The van der Waals surface area contributed by atoms with E-state index in [9.17, 15) is 0 Å². The summed E-state index contributed by atoms with van der Waals surface area (Å²) in [5, 5.41) is 4.30. The van der Waals surface area contributed by atoms with Gasteiger partial charge in [0.15, 0.2) is 0 Å². The van der Waals surface area contributed by atoms with E-state index in [0.717, 1.165) is 17.4 Å². The van der Waals surface area contributed by atoms with Crippen LogP contribution in [0.15, 0.2) is 18.2 Å². The van der Waals surface area contributed by atoms with Gasteiger partial charge in [-0.3, -0.25) is 0 Å². The summed E-state index contributed by atoms with van der Waals surface area (Å²) in [6.07, 6.45) is 3.46. The molecule has 2 atom stereocenters. The Morgan fingerprint density at radius 1 is 1.35 bits per heavy atom. The summed E-state index contributed by atoms with van der Waals surface area (Å²) >= 11 is 6.27. The van der Waals surface area contributed by atoms with Crippen molar-refractivity contribution < 1.29 is 0 Å². The standard InChI is InChI=1S/C15H24ClN/c1-5-11(2)8-14(17-4)10-13-7-6-12(3)9-15(13)16/h6-7,9,11,14,17H,5,8,10H2,1-4H3. The van der Waals surface area contributed by atoms with Gasteiger partial charge in [-0.1, -0.05) is 44.0 Å². The molecule has 0 aliphatic heterocycles. The van der Waals surface area contributed by atoms with Gasteiger partial charge < -0.3 is 5.32 Å². The second-order valence-corrected chi connectivity index (χ2v) is 5.44. The van der Waals surface area contributed by atoms with Crippen LogP contribution in [0.25, 0.3) is 0 Å². The molecule has 0 heterocycles. The summed E-state index contributed by atoms with van der Waals surface area (Å²) in [4.78, 5) is 0. The first-order valence-corrected chi connectivity index (χ1v) is 6.86. The van der Waals surface area contributed by atoms with Crippen LogP contribution in [0, 0.1) is 12.8 Å². The number of aryl methyl sites for hydroxylation is 1. The lowest BCUT2D eigenvalue weighted by molar-refractivity contribution is 0.410. The molecular formula is C15H24ClN. The second kappa shape index (κ2) is 7.03. The molecule has 1 rings (SSSR count). The molecular weight excluding hydrogens is 230 g/mol. The van der Waals surface area contributed by atoms with E-state index in [2.05, 4.69) is 38.2 Å². The summed E-state index contributed by atoms with van der Waals surface area (Å²) in [6.45, 7) is 6.63. The molecule has 2 unspecified atom stereocenters. The minimum atomic E-state index is 0.519. The minimum Gasteiger partial charge on any atom is -0.317 e. The molecule has 0 amide bonds. The van der Waals surface area contributed by atoms with Crippen LogP contribution in [0.4, 0.5) is 0 Å². The highest BCUT2D eigenvalue weighted by molar-refractivity contribution is 6.31. The molecule has 0 spiro atoms. The number of halogens is 1. The quantitative estimate of drug-likeness (QED) is 0.801. The van der Waals surface area contributed by atoms with E-state index in [1.807, 2.05) is 13.1 Å². The maximum Gasteiger partial charge on any atom is 0.0441 e. The molecule has 0 aliphatic rings. The molecule has 0 saturated carbocycles. The zero-order valence-electron chi connectivity index (χ0n) is 11.4. The number of hydrogen-bond donors (Lipinski definition) is 1. The lowest BCUT2D eigenvalue weighted by Gasteiger charge is -2.20. The lowest BCUT2D eigenvalue weighted by Crippen LogP contribution is -2.29. The molecule has 0 saturated heterocycles. The van der Waals surface area contributed by atoms with Crippen molar-refractivity contribution in [2.45, 2.75) is 46.1 Å². The Morgan fingerprint density at radius 2 is 2.06 bits per heavy atom. The van der Waals surface area contributed by atoms with Crippen LogP contribution >= 0.6 is 11.6 Å². The van der Waals surface area contributed by atoms with Gasteiger partial charge in [0, 0.05) is 11.1 Å². The fourth-order valence-corrected chi connectivity index (χ4v) is 2.35. The molecule has 0 bridgehead atoms. The average molecular weight is 254 g/mol. The smallest absolute Gasteiger partial charge is 0.0441 e. The molecule has 1 nitrogen and oxygen atoms in total. The summed E-state index contributed by atoms with van der Waals surface area (Å²) < 4.78 is 0. The number of hydrogen-bond acceptors (Lipinski definition) is 1. The van der Waals surface area contributed by atoms with Crippen molar-refractivity contribution in [3.63, 3.8) is 0 Å². The summed E-state index contributed by atoms with van der Waals surface area (Å²) in [5.41, 5.74) is 2.47. The van der Waals surface area contributed by atoms with Gasteiger partial charge in [-0.05, 0) is 49.9 Å². The highest BCUT2D eigenvalue weighted by atomic mass is 35.5. The predicted octanol–water partition coefficient (Wildman–Crippen LogP) is 4.22. The van der Waals surface area contributed by atoms with Crippen LogP contribution in [0.1, 0.15) is 37.8 Å². The lowest BCUT2D eigenvalue weighted by atomic mass is 9.94. The van der Waals surface area contributed by atoms with Crippen LogP contribution in [0.3, 0.4) is 0 Å². The molecule has 2 heteroatoms. The molecule has 17 heavy (non-hydrogen) atoms. The highest BCUT2D eigenvalue weighted by Gasteiger charge is 2.12. The fraction of sp³-hybridized carbons (Fsp3) is 0.600. The number of nitrogens with one attached hydrogen (secondary N) is 1. The largest absolute Gasteiger partial charge is 0.317 e. The van der Waals surface area contributed by atoms with Crippen LogP contribution < -0.4 is 5.32 Å². The van der Waals surface area contributed by atoms with Gasteiger partial charge in [-0.2, -0.15) is 0 Å². The highest BCUT2D eigenvalue weighted by Crippen LogP contribution is 2.21. The Morgan fingerprint density at radius 3 is 2.59 bits per heavy atom. The number of rotatable bonds is 6. The first-order valence-electron chi connectivity index (χ1n) is 6.49. The third-order valence-electron chi connectivity index (χ3n) is 3.47. The van der Waals surface area contributed by atoms with E-state index in [1.165, 1.54) is 24.0 Å². The topological polar surface area (TPSA) is 12.0 Å². The van der Waals surface area contributed by atoms with E-state index < -0.39 is 0 Å². The second-order valence-electron chi connectivity index (χ2n) is 5.03. The van der Waals surface area contributed by atoms with Gasteiger partial charge in [-0.25, -0.2) is 0 Å². The summed E-state index contributed by atoms with van der Waals surface area (Å²) in [7, 11) is 2.04. The molecule has 0 radical (unpaired) electrons. The Labute approximate surface area is 111 Å². The van der Waals surface area contributed by atoms with E-state index in [1.54, 1.807) is 0 Å².